The zero-order chi connectivity index (χ0) is 23.0. The van der Waals surface area contributed by atoms with Crippen molar-refractivity contribution in [2.75, 3.05) is 42.1 Å². The molecule has 2 aromatic heterocycles. The first-order valence-corrected chi connectivity index (χ1v) is 13.3. The number of anilines is 2. The standard InChI is InChI=1S/C24H29N5O3S/c1-33(31,32)27-23-7-6-20(15-25-23)28-12-9-19(10-13-28)29-11-8-18(16-29)22-14-17-4-2-3-5-21(17)24(30)26-22/h2-7,14-15,18-19H,8-13,16H2,1H3,(H,25,27)(H,26,30). The van der Waals surface area contributed by atoms with E-state index in [1.165, 1.54) is 0 Å². The highest BCUT2D eigenvalue weighted by Crippen LogP contribution is 2.31. The summed E-state index contributed by atoms with van der Waals surface area (Å²) in [5.41, 5.74) is 2.06. The van der Waals surface area contributed by atoms with Crippen LogP contribution < -0.4 is 15.2 Å². The molecule has 0 bridgehead atoms. The Morgan fingerprint density at radius 3 is 2.58 bits per heavy atom. The highest BCUT2D eigenvalue weighted by molar-refractivity contribution is 7.92. The third-order valence-corrected chi connectivity index (χ3v) is 7.40. The molecule has 1 aromatic carbocycles. The van der Waals surface area contributed by atoms with Gasteiger partial charge in [0.05, 0.1) is 18.1 Å². The van der Waals surface area contributed by atoms with Gasteiger partial charge in [-0.1, -0.05) is 18.2 Å². The smallest absolute Gasteiger partial charge is 0.256 e. The molecule has 2 aliphatic heterocycles. The van der Waals surface area contributed by atoms with Gasteiger partial charge in [0.15, 0.2) is 0 Å². The lowest BCUT2D eigenvalue weighted by molar-refractivity contribution is 0.205. The lowest BCUT2D eigenvalue weighted by atomic mass is 10.0. The van der Waals surface area contributed by atoms with Crippen LogP contribution in [0.3, 0.4) is 0 Å². The maximum Gasteiger partial charge on any atom is 0.256 e. The van der Waals surface area contributed by atoms with Gasteiger partial charge in [-0.2, -0.15) is 0 Å². The topological polar surface area (TPSA) is 98.4 Å². The van der Waals surface area contributed by atoms with E-state index in [0.717, 1.165) is 73.9 Å². The van der Waals surface area contributed by atoms with E-state index in [0.29, 0.717) is 17.8 Å². The van der Waals surface area contributed by atoms with E-state index in [1.54, 1.807) is 12.3 Å². The molecule has 33 heavy (non-hydrogen) atoms. The Balaban J connectivity index is 1.19. The summed E-state index contributed by atoms with van der Waals surface area (Å²) >= 11 is 0. The van der Waals surface area contributed by atoms with Crippen molar-refractivity contribution < 1.29 is 8.42 Å². The summed E-state index contributed by atoms with van der Waals surface area (Å²) in [5, 5.41) is 1.76. The molecular weight excluding hydrogens is 438 g/mol. The number of nitrogens with zero attached hydrogens (tertiary/aromatic N) is 3. The van der Waals surface area contributed by atoms with Crippen molar-refractivity contribution in [2.45, 2.75) is 31.2 Å². The van der Waals surface area contributed by atoms with Crippen LogP contribution >= 0.6 is 0 Å². The number of benzene rings is 1. The minimum absolute atomic E-state index is 0.00113. The molecule has 8 nitrogen and oxygen atoms in total. The number of pyridine rings is 2. The van der Waals surface area contributed by atoms with Crippen molar-refractivity contribution >= 4 is 32.3 Å². The van der Waals surface area contributed by atoms with E-state index >= 15 is 0 Å². The predicted octanol–water partition coefficient (Wildman–Crippen LogP) is 2.75. The molecule has 1 unspecified atom stereocenters. The SMILES string of the molecule is CS(=O)(=O)Nc1ccc(N2CCC(N3CCC(c4cc5ccccc5c(=O)[nH]4)C3)CC2)cn1. The summed E-state index contributed by atoms with van der Waals surface area (Å²) in [6.07, 6.45) is 6.06. The van der Waals surface area contributed by atoms with Crippen molar-refractivity contribution in [3.8, 4) is 0 Å². The normalized spacial score (nSPS) is 20.4. The van der Waals surface area contributed by atoms with E-state index in [2.05, 4.69) is 30.6 Å². The fourth-order valence-electron chi connectivity index (χ4n) is 5.14. The van der Waals surface area contributed by atoms with Gasteiger partial charge in [-0.15, -0.1) is 0 Å². The van der Waals surface area contributed by atoms with Crippen LogP contribution in [0.15, 0.2) is 53.5 Å². The lowest BCUT2D eigenvalue weighted by Gasteiger charge is -2.37. The van der Waals surface area contributed by atoms with Crippen LogP contribution in [-0.4, -0.2) is 61.8 Å². The van der Waals surface area contributed by atoms with Gasteiger partial charge in [-0.05, 0) is 55.5 Å². The summed E-state index contributed by atoms with van der Waals surface area (Å²) in [7, 11) is -3.32. The molecule has 1 atom stereocenters. The molecule has 0 radical (unpaired) electrons. The van der Waals surface area contributed by atoms with Crippen LogP contribution in [0.4, 0.5) is 11.5 Å². The highest BCUT2D eigenvalue weighted by Gasteiger charge is 2.32. The number of hydrogen-bond acceptors (Lipinski definition) is 6. The third-order valence-electron chi connectivity index (χ3n) is 6.82. The number of H-pyrrole nitrogens is 1. The molecule has 0 spiro atoms. The van der Waals surface area contributed by atoms with Gasteiger partial charge in [0, 0.05) is 42.7 Å². The van der Waals surface area contributed by atoms with E-state index in [1.807, 2.05) is 30.3 Å². The molecule has 2 N–H and O–H groups in total. The molecule has 9 heteroatoms. The second-order valence-corrected chi connectivity index (χ2v) is 10.9. The predicted molar refractivity (Wildman–Crippen MR) is 131 cm³/mol. The molecule has 0 amide bonds. The number of likely N-dealkylation sites (tertiary alicyclic amines) is 1. The fourth-order valence-corrected chi connectivity index (χ4v) is 5.64. The van der Waals surface area contributed by atoms with Gasteiger partial charge in [0.2, 0.25) is 10.0 Å². The Hall–Kier alpha value is -2.91. The third kappa shape index (κ3) is 4.89. The van der Waals surface area contributed by atoms with Gasteiger partial charge in [0.1, 0.15) is 5.82 Å². The second-order valence-electron chi connectivity index (χ2n) is 9.12. The van der Waals surface area contributed by atoms with Crippen LogP contribution in [0.2, 0.25) is 0 Å². The van der Waals surface area contributed by atoms with E-state index in [4.69, 9.17) is 0 Å². The molecular formula is C24H29N5O3S. The van der Waals surface area contributed by atoms with Crippen molar-refractivity contribution in [3.63, 3.8) is 0 Å². The lowest BCUT2D eigenvalue weighted by Crippen LogP contribution is -2.44. The van der Waals surface area contributed by atoms with Gasteiger partial charge >= 0.3 is 0 Å². The van der Waals surface area contributed by atoms with Crippen molar-refractivity contribution in [2.24, 2.45) is 0 Å². The number of aromatic nitrogens is 2. The molecule has 2 aliphatic rings. The molecule has 2 saturated heterocycles. The average molecular weight is 468 g/mol. The quantitative estimate of drug-likeness (QED) is 0.599. The highest BCUT2D eigenvalue weighted by atomic mass is 32.2. The van der Waals surface area contributed by atoms with Crippen molar-refractivity contribution in [3.05, 3.63) is 64.7 Å². The first-order chi connectivity index (χ1) is 15.9. The summed E-state index contributed by atoms with van der Waals surface area (Å²) in [5.74, 6) is 0.699. The number of piperidine rings is 1. The number of fused-ring (bicyclic) bond motifs is 1. The number of hydrogen-bond donors (Lipinski definition) is 2. The maximum atomic E-state index is 12.5. The molecule has 3 aromatic rings. The monoisotopic (exact) mass is 467 g/mol. The minimum atomic E-state index is -3.32. The zero-order valence-electron chi connectivity index (χ0n) is 18.7. The number of rotatable bonds is 5. The first-order valence-electron chi connectivity index (χ1n) is 11.4. The maximum absolute atomic E-state index is 12.5. The van der Waals surface area contributed by atoms with Gasteiger partial charge in [-0.25, -0.2) is 13.4 Å². The van der Waals surface area contributed by atoms with Crippen LogP contribution in [-0.2, 0) is 10.0 Å². The van der Waals surface area contributed by atoms with E-state index in [-0.39, 0.29) is 5.56 Å². The Labute approximate surface area is 193 Å². The number of nitrogens with one attached hydrogen (secondary N) is 2. The molecule has 4 heterocycles. The van der Waals surface area contributed by atoms with Crippen LogP contribution in [0.1, 0.15) is 30.9 Å². The zero-order valence-corrected chi connectivity index (χ0v) is 19.5. The Kier molecular flexibility index (Phi) is 5.84. The molecule has 0 saturated carbocycles. The second kappa shape index (κ2) is 8.79. The summed E-state index contributed by atoms with van der Waals surface area (Å²) in [6, 6.07) is 14.1. The Bertz CT molecular complexity index is 1300. The number of aromatic amines is 1. The van der Waals surface area contributed by atoms with E-state index in [9.17, 15) is 13.2 Å². The van der Waals surface area contributed by atoms with Gasteiger partial charge in [0.25, 0.3) is 5.56 Å². The van der Waals surface area contributed by atoms with Gasteiger partial charge < -0.3 is 9.88 Å². The molecule has 174 valence electrons. The first kappa shape index (κ1) is 21.9. The summed E-state index contributed by atoms with van der Waals surface area (Å²) in [6.45, 7) is 3.92. The average Bonchev–Trinajstić information content (AvgIpc) is 3.29. The molecule has 5 rings (SSSR count). The molecule has 2 fully saturated rings. The fraction of sp³-hybridized carbons (Fsp3) is 0.417. The number of sulfonamides is 1. The van der Waals surface area contributed by atoms with Gasteiger partial charge in [-0.3, -0.25) is 14.4 Å². The van der Waals surface area contributed by atoms with Crippen LogP contribution in [0, 0.1) is 0 Å². The largest absolute Gasteiger partial charge is 0.370 e. The van der Waals surface area contributed by atoms with Crippen LogP contribution in [0.25, 0.3) is 10.8 Å². The van der Waals surface area contributed by atoms with E-state index < -0.39 is 10.0 Å². The van der Waals surface area contributed by atoms with Crippen LogP contribution in [0.5, 0.6) is 0 Å². The van der Waals surface area contributed by atoms with Crippen molar-refractivity contribution in [1.82, 2.24) is 14.9 Å². The summed E-state index contributed by atoms with van der Waals surface area (Å²) < 4.78 is 25.1. The summed E-state index contributed by atoms with van der Waals surface area (Å²) in [4.78, 5) is 24.7. The molecule has 0 aliphatic carbocycles. The van der Waals surface area contributed by atoms with Crippen molar-refractivity contribution in [1.29, 1.82) is 0 Å². The Morgan fingerprint density at radius 1 is 1.06 bits per heavy atom. The minimum Gasteiger partial charge on any atom is -0.370 e. The Morgan fingerprint density at radius 2 is 1.85 bits per heavy atom.